The molecule has 2 amide bonds. The lowest BCUT2D eigenvalue weighted by Crippen LogP contribution is -2.52. The van der Waals surface area contributed by atoms with Gasteiger partial charge in [-0.1, -0.05) is 37.6 Å². The highest BCUT2D eigenvalue weighted by atomic mass is 16.2. The normalized spacial score (nSPS) is 17.3. The first-order valence-corrected chi connectivity index (χ1v) is 11.1. The minimum absolute atomic E-state index is 0.0443. The van der Waals surface area contributed by atoms with E-state index in [1.165, 1.54) is 25.0 Å². The molecule has 0 unspecified atom stereocenters. The van der Waals surface area contributed by atoms with Crippen LogP contribution in [0.2, 0.25) is 0 Å². The zero-order valence-electron chi connectivity index (χ0n) is 18.9. The van der Waals surface area contributed by atoms with E-state index in [-0.39, 0.29) is 11.8 Å². The van der Waals surface area contributed by atoms with Gasteiger partial charge >= 0.3 is 0 Å². The van der Waals surface area contributed by atoms with Gasteiger partial charge in [0.2, 0.25) is 11.8 Å². The van der Waals surface area contributed by atoms with Crippen LogP contribution in [-0.2, 0) is 22.7 Å². The summed E-state index contributed by atoms with van der Waals surface area (Å²) in [6, 6.07) is 16.8. The van der Waals surface area contributed by atoms with Crippen LogP contribution in [0, 0.1) is 0 Å². The molecule has 1 atom stereocenters. The Kier molecular flexibility index (Phi) is 8.20. The molecular weight excluding hydrogens is 388 g/mol. The second kappa shape index (κ2) is 11.1. The molecule has 2 aromatic carbocycles. The molecule has 0 aliphatic carbocycles. The van der Waals surface area contributed by atoms with Crippen molar-refractivity contribution < 1.29 is 9.59 Å². The zero-order valence-corrected chi connectivity index (χ0v) is 18.9. The van der Waals surface area contributed by atoms with Crippen molar-refractivity contribution in [1.29, 1.82) is 0 Å². The highest BCUT2D eigenvalue weighted by Gasteiger charge is 2.26. The van der Waals surface area contributed by atoms with Crippen molar-refractivity contribution in [3.05, 3.63) is 59.7 Å². The van der Waals surface area contributed by atoms with Crippen LogP contribution >= 0.6 is 0 Å². The van der Waals surface area contributed by atoms with Gasteiger partial charge in [-0.3, -0.25) is 19.4 Å². The number of rotatable bonds is 8. The molecule has 0 aromatic heterocycles. The molecular formula is C25H34N4O2. The second-order valence-corrected chi connectivity index (χ2v) is 8.41. The molecule has 1 heterocycles. The summed E-state index contributed by atoms with van der Waals surface area (Å²) in [7, 11) is 0. The molecule has 0 bridgehead atoms. The smallest absolute Gasteiger partial charge is 0.221 e. The highest BCUT2D eigenvalue weighted by Crippen LogP contribution is 2.21. The summed E-state index contributed by atoms with van der Waals surface area (Å²) in [5.74, 6) is -0.0893. The van der Waals surface area contributed by atoms with Gasteiger partial charge in [-0.25, -0.2) is 0 Å². The molecule has 2 N–H and O–H groups in total. The van der Waals surface area contributed by atoms with Crippen LogP contribution in [0.5, 0.6) is 0 Å². The van der Waals surface area contributed by atoms with Gasteiger partial charge in [-0.05, 0) is 41.8 Å². The minimum atomic E-state index is -0.0450. The van der Waals surface area contributed by atoms with Crippen molar-refractivity contribution in [2.24, 2.45) is 0 Å². The third kappa shape index (κ3) is 7.19. The maximum Gasteiger partial charge on any atom is 0.221 e. The number of carbonyl (C=O) groups excluding carboxylic acids is 2. The van der Waals surface area contributed by atoms with Crippen molar-refractivity contribution in [2.45, 2.75) is 52.7 Å². The van der Waals surface area contributed by atoms with Crippen molar-refractivity contribution in [3.8, 4) is 0 Å². The van der Waals surface area contributed by atoms with Gasteiger partial charge in [0.25, 0.3) is 0 Å². The van der Waals surface area contributed by atoms with Crippen molar-refractivity contribution in [1.82, 2.24) is 9.80 Å². The van der Waals surface area contributed by atoms with E-state index in [0.717, 1.165) is 56.9 Å². The minimum Gasteiger partial charge on any atom is -0.326 e. The molecule has 0 spiro atoms. The van der Waals surface area contributed by atoms with Crippen molar-refractivity contribution >= 4 is 23.2 Å². The van der Waals surface area contributed by atoms with Gasteiger partial charge in [0.05, 0.1) is 0 Å². The Morgan fingerprint density at radius 3 is 2.03 bits per heavy atom. The standard InChI is InChI=1S/C25H34N4O2/c1-4-7-25-18-28(16-21-8-5-10-23(14-21)26-19(2)30)12-13-29(25)17-22-9-6-11-24(15-22)27-20(3)31/h5-6,8-11,14-15,25H,4,7,12-13,16-18H2,1-3H3,(H,26,30)(H,27,31)/t25-/m0/s1. The van der Waals surface area contributed by atoms with Crippen LogP contribution in [0.1, 0.15) is 44.7 Å². The number of amides is 2. The van der Waals surface area contributed by atoms with E-state index in [9.17, 15) is 9.59 Å². The Balaban J connectivity index is 1.63. The largest absolute Gasteiger partial charge is 0.326 e. The number of nitrogens with zero attached hydrogens (tertiary/aromatic N) is 2. The Labute approximate surface area is 185 Å². The van der Waals surface area contributed by atoms with Crippen LogP contribution in [0.25, 0.3) is 0 Å². The van der Waals surface area contributed by atoms with Gasteiger partial charge in [0.1, 0.15) is 0 Å². The first-order valence-electron chi connectivity index (χ1n) is 11.1. The van der Waals surface area contributed by atoms with Gasteiger partial charge in [-0.15, -0.1) is 0 Å². The van der Waals surface area contributed by atoms with E-state index in [1.54, 1.807) is 0 Å². The van der Waals surface area contributed by atoms with E-state index < -0.39 is 0 Å². The molecule has 0 saturated carbocycles. The van der Waals surface area contributed by atoms with Crippen LogP contribution in [-0.4, -0.2) is 47.3 Å². The Bertz CT molecular complexity index is 899. The maximum atomic E-state index is 11.4. The molecule has 1 aliphatic heterocycles. The van der Waals surface area contributed by atoms with Crippen LogP contribution in [0.3, 0.4) is 0 Å². The molecule has 3 rings (SSSR count). The molecule has 2 aromatic rings. The molecule has 0 radical (unpaired) electrons. The summed E-state index contributed by atoms with van der Waals surface area (Å²) in [5, 5.41) is 5.75. The van der Waals surface area contributed by atoms with E-state index in [0.29, 0.717) is 6.04 Å². The molecule has 6 nitrogen and oxygen atoms in total. The SMILES string of the molecule is CCC[C@H]1CN(Cc2cccc(NC(C)=O)c2)CCN1Cc1cccc(NC(C)=O)c1. The average molecular weight is 423 g/mol. The lowest BCUT2D eigenvalue weighted by Gasteiger charge is -2.41. The van der Waals surface area contributed by atoms with Crippen LogP contribution in [0.4, 0.5) is 11.4 Å². The number of hydrogen-bond donors (Lipinski definition) is 2. The number of carbonyl (C=O) groups is 2. The summed E-state index contributed by atoms with van der Waals surface area (Å²) >= 11 is 0. The Morgan fingerprint density at radius 1 is 0.903 bits per heavy atom. The van der Waals surface area contributed by atoms with E-state index in [1.807, 2.05) is 24.3 Å². The maximum absolute atomic E-state index is 11.4. The molecule has 1 saturated heterocycles. The number of anilines is 2. The first kappa shape index (κ1) is 23.0. The summed E-state index contributed by atoms with van der Waals surface area (Å²) in [6.45, 7) is 10.1. The summed E-state index contributed by atoms with van der Waals surface area (Å²) in [4.78, 5) is 27.8. The lowest BCUT2D eigenvalue weighted by atomic mass is 10.0. The molecule has 166 valence electrons. The molecule has 1 fully saturated rings. The van der Waals surface area contributed by atoms with E-state index in [2.05, 4.69) is 51.6 Å². The van der Waals surface area contributed by atoms with E-state index in [4.69, 9.17) is 0 Å². The topological polar surface area (TPSA) is 64.7 Å². The van der Waals surface area contributed by atoms with Gasteiger partial charge < -0.3 is 10.6 Å². The van der Waals surface area contributed by atoms with E-state index >= 15 is 0 Å². The number of benzene rings is 2. The number of piperazine rings is 1. The molecule has 6 heteroatoms. The van der Waals surface area contributed by atoms with Crippen molar-refractivity contribution in [3.63, 3.8) is 0 Å². The zero-order chi connectivity index (χ0) is 22.2. The summed E-state index contributed by atoms with van der Waals surface area (Å²) < 4.78 is 0. The third-order valence-corrected chi connectivity index (χ3v) is 5.60. The first-order chi connectivity index (χ1) is 14.9. The number of hydrogen-bond acceptors (Lipinski definition) is 4. The molecule has 31 heavy (non-hydrogen) atoms. The second-order valence-electron chi connectivity index (χ2n) is 8.41. The predicted octanol–water partition coefficient (Wildman–Crippen LogP) is 4.09. The summed E-state index contributed by atoms with van der Waals surface area (Å²) in [5.41, 5.74) is 4.16. The van der Waals surface area contributed by atoms with Crippen LogP contribution in [0.15, 0.2) is 48.5 Å². The fourth-order valence-corrected chi connectivity index (χ4v) is 4.31. The van der Waals surface area contributed by atoms with Gasteiger partial charge in [-0.2, -0.15) is 0 Å². The Hall–Kier alpha value is -2.70. The molecule has 1 aliphatic rings. The monoisotopic (exact) mass is 422 g/mol. The van der Waals surface area contributed by atoms with Crippen LogP contribution < -0.4 is 10.6 Å². The average Bonchev–Trinajstić information content (AvgIpc) is 2.70. The predicted molar refractivity (Wildman–Crippen MR) is 126 cm³/mol. The quantitative estimate of drug-likeness (QED) is 0.673. The summed E-state index contributed by atoms with van der Waals surface area (Å²) in [6.07, 6.45) is 2.31. The Morgan fingerprint density at radius 2 is 1.48 bits per heavy atom. The fourth-order valence-electron chi connectivity index (χ4n) is 4.31. The third-order valence-electron chi connectivity index (χ3n) is 5.60. The lowest BCUT2D eigenvalue weighted by molar-refractivity contribution is -0.115. The van der Waals surface area contributed by atoms with Crippen molar-refractivity contribution in [2.75, 3.05) is 30.3 Å². The fraction of sp³-hybridized carbons (Fsp3) is 0.440. The highest BCUT2D eigenvalue weighted by molar-refractivity contribution is 5.89. The van der Waals surface area contributed by atoms with Gasteiger partial charge in [0.15, 0.2) is 0 Å². The number of nitrogens with one attached hydrogen (secondary N) is 2. The van der Waals surface area contributed by atoms with Gasteiger partial charge in [0, 0.05) is 64.0 Å².